The minimum absolute atomic E-state index is 0.104. The number of benzene rings is 2. The van der Waals surface area contributed by atoms with Gasteiger partial charge < -0.3 is 25.6 Å². The molecule has 3 aromatic rings. The standard InChI is InChI=1S/C31H37F2N7O3/c1-2-39-13-5-10-26(39)18-34-28(41)22-6-3-8-24(16-22)36-30-35-19-27(33)29(38-30)43-20-21-11-14-40(15-12-21)31(42)37-25-9-4-7-23(32)17-25/h3-4,6-9,16-17,19,21,26H,2,5,10-15,18,20H2,1H3,(H,34,41)(H,37,42)(H,35,36,38). The van der Waals surface area contributed by atoms with E-state index in [0.29, 0.717) is 55.5 Å². The number of nitrogens with one attached hydrogen (secondary N) is 3. The van der Waals surface area contributed by atoms with Gasteiger partial charge in [0, 0.05) is 42.6 Å². The van der Waals surface area contributed by atoms with Gasteiger partial charge in [-0.3, -0.25) is 9.69 Å². The number of likely N-dealkylation sites (N-methyl/N-ethyl adjacent to an activating group) is 1. The molecule has 10 nitrogen and oxygen atoms in total. The molecule has 2 aliphatic rings. The molecule has 2 aromatic carbocycles. The number of nitrogens with zero attached hydrogens (tertiary/aromatic N) is 4. The summed E-state index contributed by atoms with van der Waals surface area (Å²) in [4.78, 5) is 37.6. The fraction of sp³-hybridized carbons (Fsp3) is 0.419. The van der Waals surface area contributed by atoms with Crippen LogP contribution in [-0.4, -0.2) is 77.1 Å². The Labute approximate surface area is 249 Å². The number of piperidine rings is 1. The van der Waals surface area contributed by atoms with Crippen molar-refractivity contribution in [1.29, 1.82) is 0 Å². The maximum Gasteiger partial charge on any atom is 0.321 e. The second-order valence-electron chi connectivity index (χ2n) is 10.9. The number of hydrogen-bond donors (Lipinski definition) is 3. The van der Waals surface area contributed by atoms with E-state index in [1.807, 2.05) is 0 Å². The molecule has 2 fully saturated rings. The summed E-state index contributed by atoms with van der Waals surface area (Å²) < 4.78 is 33.6. The summed E-state index contributed by atoms with van der Waals surface area (Å²) in [6, 6.07) is 12.8. The number of aromatic nitrogens is 2. The van der Waals surface area contributed by atoms with Gasteiger partial charge in [-0.2, -0.15) is 9.37 Å². The molecule has 1 unspecified atom stereocenters. The van der Waals surface area contributed by atoms with E-state index >= 15 is 0 Å². The molecule has 0 saturated carbocycles. The van der Waals surface area contributed by atoms with Crippen LogP contribution in [0.5, 0.6) is 5.88 Å². The molecule has 5 rings (SSSR count). The SMILES string of the molecule is CCN1CCCC1CNC(=O)c1cccc(Nc2ncc(F)c(OCC3CCN(C(=O)Nc4cccc(F)c4)CC3)n2)c1. The molecule has 12 heteroatoms. The Morgan fingerprint density at radius 1 is 1.02 bits per heavy atom. The summed E-state index contributed by atoms with van der Waals surface area (Å²) in [5.41, 5.74) is 1.49. The lowest BCUT2D eigenvalue weighted by Gasteiger charge is -2.31. The number of carbonyl (C=O) groups excluding carboxylic acids is 2. The Morgan fingerprint density at radius 3 is 2.60 bits per heavy atom. The van der Waals surface area contributed by atoms with Gasteiger partial charge in [-0.15, -0.1) is 0 Å². The first-order valence-corrected chi connectivity index (χ1v) is 14.7. The maximum absolute atomic E-state index is 14.5. The van der Waals surface area contributed by atoms with Crippen LogP contribution in [0.3, 0.4) is 0 Å². The van der Waals surface area contributed by atoms with E-state index in [1.54, 1.807) is 35.2 Å². The maximum atomic E-state index is 14.5. The van der Waals surface area contributed by atoms with Crippen LogP contribution in [0.1, 0.15) is 43.0 Å². The molecular formula is C31H37F2N7O3. The average molecular weight is 594 g/mol. The Bertz CT molecular complexity index is 1420. The van der Waals surface area contributed by atoms with Crippen LogP contribution in [0.4, 0.5) is 30.9 Å². The summed E-state index contributed by atoms with van der Waals surface area (Å²) >= 11 is 0. The summed E-state index contributed by atoms with van der Waals surface area (Å²) in [5, 5.41) is 8.77. The first-order chi connectivity index (χ1) is 20.9. The van der Waals surface area contributed by atoms with Crippen molar-refractivity contribution in [3.8, 4) is 5.88 Å². The van der Waals surface area contributed by atoms with E-state index in [2.05, 4.69) is 37.7 Å². The zero-order chi connectivity index (χ0) is 30.2. The first-order valence-electron chi connectivity index (χ1n) is 14.7. The van der Waals surface area contributed by atoms with Crippen LogP contribution in [0, 0.1) is 17.6 Å². The van der Waals surface area contributed by atoms with Gasteiger partial charge in [0.1, 0.15) is 5.82 Å². The third-order valence-corrected chi connectivity index (χ3v) is 7.93. The van der Waals surface area contributed by atoms with E-state index in [-0.39, 0.29) is 36.3 Å². The van der Waals surface area contributed by atoms with Gasteiger partial charge in [-0.05, 0) is 81.1 Å². The fourth-order valence-electron chi connectivity index (χ4n) is 5.50. The van der Waals surface area contributed by atoms with Crippen molar-refractivity contribution in [2.75, 3.05) is 50.0 Å². The molecular weight excluding hydrogens is 556 g/mol. The quantitative estimate of drug-likeness (QED) is 0.302. The van der Waals surface area contributed by atoms with E-state index in [9.17, 15) is 18.4 Å². The van der Waals surface area contributed by atoms with Gasteiger partial charge in [0.2, 0.25) is 11.8 Å². The summed E-state index contributed by atoms with van der Waals surface area (Å²) in [6.07, 6.45) is 4.60. The van der Waals surface area contributed by atoms with Crippen molar-refractivity contribution in [3.63, 3.8) is 0 Å². The molecule has 1 aromatic heterocycles. The Morgan fingerprint density at radius 2 is 1.81 bits per heavy atom. The number of hydrogen-bond acceptors (Lipinski definition) is 7. The summed E-state index contributed by atoms with van der Waals surface area (Å²) in [5.74, 6) is -1.19. The Balaban J connectivity index is 1.10. The van der Waals surface area contributed by atoms with Gasteiger partial charge in [0.25, 0.3) is 11.8 Å². The molecule has 3 heterocycles. The second-order valence-corrected chi connectivity index (χ2v) is 10.9. The van der Waals surface area contributed by atoms with Gasteiger partial charge >= 0.3 is 6.03 Å². The lowest BCUT2D eigenvalue weighted by molar-refractivity contribution is 0.0941. The van der Waals surface area contributed by atoms with Crippen LogP contribution in [0.2, 0.25) is 0 Å². The van der Waals surface area contributed by atoms with E-state index < -0.39 is 11.6 Å². The zero-order valence-electron chi connectivity index (χ0n) is 24.2. The van der Waals surface area contributed by atoms with Crippen molar-refractivity contribution >= 4 is 29.3 Å². The monoisotopic (exact) mass is 593 g/mol. The number of amides is 3. The molecule has 3 amide bonds. The minimum atomic E-state index is -0.682. The molecule has 1 atom stereocenters. The first kappa shape index (κ1) is 30.1. The normalized spacial score (nSPS) is 17.5. The van der Waals surface area contributed by atoms with Crippen LogP contribution in [0.15, 0.2) is 54.7 Å². The highest BCUT2D eigenvalue weighted by atomic mass is 19.1. The predicted molar refractivity (Wildman–Crippen MR) is 160 cm³/mol. The van der Waals surface area contributed by atoms with Crippen molar-refractivity contribution in [3.05, 3.63) is 71.9 Å². The van der Waals surface area contributed by atoms with Crippen LogP contribution < -0.4 is 20.7 Å². The number of likely N-dealkylation sites (tertiary alicyclic amines) is 2. The molecule has 228 valence electrons. The molecule has 43 heavy (non-hydrogen) atoms. The highest BCUT2D eigenvalue weighted by Gasteiger charge is 2.25. The molecule has 2 aliphatic heterocycles. The number of anilines is 3. The topological polar surface area (TPSA) is 112 Å². The number of ether oxygens (including phenoxy) is 1. The molecule has 3 N–H and O–H groups in total. The van der Waals surface area contributed by atoms with Crippen molar-refractivity contribution in [2.24, 2.45) is 5.92 Å². The van der Waals surface area contributed by atoms with Crippen molar-refractivity contribution in [1.82, 2.24) is 25.1 Å². The lowest BCUT2D eigenvalue weighted by Crippen LogP contribution is -2.42. The van der Waals surface area contributed by atoms with Gasteiger partial charge in [0.05, 0.1) is 12.8 Å². The third-order valence-electron chi connectivity index (χ3n) is 7.93. The van der Waals surface area contributed by atoms with Gasteiger partial charge in [-0.1, -0.05) is 19.1 Å². The smallest absolute Gasteiger partial charge is 0.321 e. The zero-order valence-corrected chi connectivity index (χ0v) is 24.2. The fourth-order valence-corrected chi connectivity index (χ4v) is 5.50. The molecule has 2 saturated heterocycles. The molecule has 0 spiro atoms. The minimum Gasteiger partial charge on any atom is -0.475 e. The van der Waals surface area contributed by atoms with Gasteiger partial charge in [-0.25, -0.2) is 14.2 Å². The van der Waals surface area contributed by atoms with Crippen LogP contribution in [-0.2, 0) is 0 Å². The number of halogens is 2. The Hall–Kier alpha value is -4.32. The average Bonchev–Trinajstić information content (AvgIpc) is 3.48. The third kappa shape index (κ3) is 8.16. The van der Waals surface area contributed by atoms with Crippen molar-refractivity contribution in [2.45, 2.75) is 38.6 Å². The van der Waals surface area contributed by atoms with E-state index in [0.717, 1.165) is 32.1 Å². The number of rotatable bonds is 10. The van der Waals surface area contributed by atoms with Crippen molar-refractivity contribution < 1.29 is 23.1 Å². The largest absolute Gasteiger partial charge is 0.475 e. The summed E-state index contributed by atoms with van der Waals surface area (Å²) in [6.45, 7) is 6.00. The second kappa shape index (κ2) is 14.2. The molecule has 0 bridgehead atoms. The predicted octanol–water partition coefficient (Wildman–Crippen LogP) is 5.04. The van der Waals surface area contributed by atoms with Crippen LogP contribution in [0.25, 0.3) is 0 Å². The van der Waals surface area contributed by atoms with E-state index in [4.69, 9.17) is 4.74 Å². The number of carbonyl (C=O) groups is 2. The summed E-state index contributed by atoms with van der Waals surface area (Å²) in [7, 11) is 0. The Kier molecular flexibility index (Phi) is 9.98. The lowest BCUT2D eigenvalue weighted by atomic mass is 9.98. The highest BCUT2D eigenvalue weighted by molar-refractivity contribution is 5.95. The van der Waals surface area contributed by atoms with Gasteiger partial charge in [0.15, 0.2) is 0 Å². The highest BCUT2D eigenvalue weighted by Crippen LogP contribution is 2.23. The van der Waals surface area contributed by atoms with Crippen LogP contribution >= 0.6 is 0 Å². The van der Waals surface area contributed by atoms with E-state index in [1.165, 1.54) is 18.2 Å². The molecule has 0 radical (unpaired) electrons. The molecule has 0 aliphatic carbocycles. The number of urea groups is 1.